The van der Waals surface area contributed by atoms with Gasteiger partial charge in [0.1, 0.15) is 41.0 Å². The van der Waals surface area contributed by atoms with Gasteiger partial charge >= 0.3 is 11.9 Å². The van der Waals surface area contributed by atoms with Crippen LogP contribution in [0.5, 0.6) is 0 Å². The smallest absolute Gasteiger partial charge is 0.320 e. The number of nitrogens with zero attached hydrogens (tertiary/aromatic N) is 5. The summed E-state index contributed by atoms with van der Waals surface area (Å²) in [6, 6.07) is -0.283. The predicted octanol–water partition coefficient (Wildman–Crippen LogP) is 3.46. The molecule has 318 valence electrons. The second-order valence-electron chi connectivity index (χ2n) is 16.8. The molecule has 2 aromatic heterocycles. The monoisotopic (exact) mass is 818 g/mol. The van der Waals surface area contributed by atoms with Crippen molar-refractivity contribution in [1.82, 2.24) is 24.4 Å². The largest absolute Gasteiger partial charge is 0.458 e. The van der Waals surface area contributed by atoms with Gasteiger partial charge in [0, 0.05) is 43.4 Å². The highest BCUT2D eigenvalue weighted by atomic mass is 32.2. The van der Waals surface area contributed by atoms with E-state index in [0.29, 0.717) is 42.1 Å². The highest BCUT2D eigenvalue weighted by Gasteiger charge is 2.61. The van der Waals surface area contributed by atoms with Crippen molar-refractivity contribution in [2.75, 3.05) is 32.7 Å². The Morgan fingerprint density at radius 1 is 1.04 bits per heavy atom. The molecule has 0 bridgehead atoms. The number of rotatable bonds is 10. The van der Waals surface area contributed by atoms with Crippen molar-refractivity contribution in [2.24, 2.45) is 29.6 Å². The molecule has 5 heterocycles. The van der Waals surface area contributed by atoms with Crippen LogP contribution >= 0.6 is 11.8 Å². The van der Waals surface area contributed by atoms with Gasteiger partial charge in [0.05, 0.1) is 24.1 Å². The molecule has 3 fully saturated rings. The number of ketones is 2. The minimum absolute atomic E-state index is 0.128. The standard InChI is InChI=1S/C40H62N6O10S/c1-12-26-40(8)27(32(37(51)56-40)57-15-13-14-46-19-44-28-34(41)42-18-43-35(28)46)22(4)29(47)20(2)17-39(7,52-11)33(23(5)30(48)24(6)36(50)54-26)55-38-31(49)25(45(9)10)16-21(3)53-38/h18-27,31-33,38,49H,12-17H2,1-11H3,(H2,41,42,43)/t20-,21-,22-,23+,24-,25+,26-,27?,31-,32?,33-,38+,39-,40-/m1/s1. The van der Waals surface area contributed by atoms with E-state index in [1.54, 1.807) is 34.0 Å². The van der Waals surface area contributed by atoms with Crippen molar-refractivity contribution >= 4 is 52.2 Å². The second kappa shape index (κ2) is 18.0. The van der Waals surface area contributed by atoms with Gasteiger partial charge in [0.15, 0.2) is 29.1 Å². The van der Waals surface area contributed by atoms with Gasteiger partial charge in [0.25, 0.3) is 0 Å². The van der Waals surface area contributed by atoms with Crippen LogP contribution in [0.1, 0.15) is 81.1 Å². The normalized spacial score (nSPS) is 38.5. The highest BCUT2D eigenvalue weighted by Crippen LogP contribution is 2.49. The fourth-order valence-electron chi connectivity index (χ4n) is 9.26. The highest BCUT2D eigenvalue weighted by molar-refractivity contribution is 8.00. The first-order valence-electron chi connectivity index (χ1n) is 20.0. The topological polar surface area (TPSA) is 208 Å². The number of cyclic esters (lactones) is 1. The van der Waals surface area contributed by atoms with Crippen LogP contribution in [0, 0.1) is 29.6 Å². The molecule has 17 heteroatoms. The number of methoxy groups -OCH3 is 1. The van der Waals surface area contributed by atoms with Gasteiger partial charge in [-0.3, -0.25) is 19.2 Å². The lowest BCUT2D eigenvalue weighted by atomic mass is 9.70. The Morgan fingerprint density at radius 3 is 2.39 bits per heavy atom. The summed E-state index contributed by atoms with van der Waals surface area (Å²) in [5.74, 6) is -5.27. The quantitative estimate of drug-likeness (QED) is 0.200. The Balaban J connectivity index is 1.46. The number of ether oxygens (including phenoxy) is 5. The molecule has 2 aromatic rings. The van der Waals surface area contributed by atoms with Gasteiger partial charge in [-0.1, -0.05) is 27.7 Å². The van der Waals surface area contributed by atoms with Crippen molar-refractivity contribution < 1.29 is 48.0 Å². The Hall–Kier alpha value is -3.22. The van der Waals surface area contributed by atoms with E-state index in [2.05, 4.69) is 15.0 Å². The zero-order valence-corrected chi connectivity index (χ0v) is 36.0. The van der Waals surface area contributed by atoms with E-state index in [1.807, 2.05) is 44.3 Å². The van der Waals surface area contributed by atoms with Crippen molar-refractivity contribution in [1.29, 1.82) is 0 Å². The molecule has 0 aromatic carbocycles. The number of hydrogen-bond donors (Lipinski definition) is 2. The van der Waals surface area contributed by atoms with Gasteiger partial charge in [-0.25, -0.2) is 15.0 Å². The number of aliphatic hydroxyl groups excluding tert-OH is 1. The number of nitrogens with two attached hydrogens (primary N) is 1. The minimum Gasteiger partial charge on any atom is -0.458 e. The van der Waals surface area contributed by atoms with Crippen molar-refractivity contribution in [3.05, 3.63) is 12.7 Å². The number of anilines is 1. The summed E-state index contributed by atoms with van der Waals surface area (Å²) in [6.07, 6.45) is 0.211. The maximum absolute atomic E-state index is 14.7. The molecule has 0 amide bonds. The van der Waals surface area contributed by atoms with Crippen LogP contribution in [-0.2, 0) is 49.4 Å². The Kier molecular flexibility index (Phi) is 14.1. The lowest BCUT2D eigenvalue weighted by Crippen LogP contribution is -2.59. The number of aromatic nitrogens is 4. The predicted molar refractivity (Wildman–Crippen MR) is 213 cm³/mol. The lowest BCUT2D eigenvalue weighted by molar-refractivity contribution is -0.295. The molecule has 0 saturated carbocycles. The van der Waals surface area contributed by atoms with E-state index in [0.717, 1.165) is 0 Å². The van der Waals surface area contributed by atoms with E-state index >= 15 is 0 Å². The molecule has 3 aliphatic rings. The van der Waals surface area contributed by atoms with Crippen molar-refractivity contribution in [3.63, 3.8) is 0 Å². The SMILES string of the molecule is CC[C@H]1OC(=O)[C@H](C)C(=O)[C@H](C)[C@@H](O[C@@H]2O[C@H](C)C[C@H](N(C)C)[C@H]2O)[C@](C)(OC)C[C@@H](C)C(=O)[C@H](C)C2C(SCCCn3cnc4c(N)ncnc43)C(=O)O[C@@]21C. The number of aliphatic hydroxyl groups is 1. The number of aryl methyl sites for hydroxylation is 1. The second-order valence-corrected chi connectivity index (χ2v) is 18.1. The molecule has 2 unspecified atom stereocenters. The third kappa shape index (κ3) is 8.88. The average Bonchev–Trinajstić information content (AvgIpc) is 3.71. The average molecular weight is 819 g/mol. The number of imidazole rings is 1. The summed E-state index contributed by atoms with van der Waals surface area (Å²) in [7, 11) is 5.23. The molecule has 16 nitrogen and oxygen atoms in total. The maximum atomic E-state index is 14.7. The molecular formula is C40H62N6O10S. The number of likely N-dealkylation sites (N-methyl/N-ethyl adjacent to an activating group) is 1. The maximum Gasteiger partial charge on any atom is 0.320 e. The number of nitrogen functional groups attached to an aromatic ring is 1. The molecule has 14 atom stereocenters. The summed E-state index contributed by atoms with van der Waals surface area (Å²) in [5.41, 5.74) is 4.45. The number of esters is 2. The van der Waals surface area contributed by atoms with E-state index < -0.39 is 88.4 Å². The third-order valence-electron chi connectivity index (χ3n) is 12.6. The minimum atomic E-state index is -1.37. The number of carbonyl (C=O) groups is 4. The Labute approximate surface area is 339 Å². The molecular weight excluding hydrogens is 757 g/mol. The molecule has 3 aliphatic heterocycles. The molecule has 3 N–H and O–H groups in total. The summed E-state index contributed by atoms with van der Waals surface area (Å²) in [4.78, 5) is 71.4. The zero-order chi connectivity index (χ0) is 42.1. The van der Waals surface area contributed by atoms with Crippen LogP contribution in [-0.4, -0.2) is 133 Å². The molecule has 0 radical (unpaired) electrons. The molecule has 3 saturated heterocycles. The Bertz CT molecular complexity index is 1780. The number of Topliss-reactive ketones (excluding diaryl/α,β-unsaturated/α-hetero) is 2. The fourth-order valence-corrected chi connectivity index (χ4v) is 10.7. The molecule has 0 spiro atoms. The first-order valence-corrected chi connectivity index (χ1v) is 21.1. The summed E-state index contributed by atoms with van der Waals surface area (Å²) >= 11 is 1.40. The van der Waals surface area contributed by atoms with Crippen LogP contribution < -0.4 is 5.73 Å². The van der Waals surface area contributed by atoms with Gasteiger partial charge in [-0.15, -0.1) is 11.8 Å². The summed E-state index contributed by atoms with van der Waals surface area (Å²) in [6.45, 7) is 14.5. The van der Waals surface area contributed by atoms with E-state index in [-0.39, 0.29) is 30.8 Å². The zero-order valence-electron chi connectivity index (χ0n) is 35.2. The summed E-state index contributed by atoms with van der Waals surface area (Å²) < 4.78 is 33.1. The number of fused-ring (bicyclic) bond motifs is 2. The molecule has 0 aliphatic carbocycles. The van der Waals surface area contributed by atoms with Crippen molar-refractivity contribution in [3.8, 4) is 0 Å². The number of thioether (sulfide) groups is 1. The van der Waals surface area contributed by atoms with Crippen LogP contribution in [0.15, 0.2) is 12.7 Å². The Morgan fingerprint density at radius 2 is 1.74 bits per heavy atom. The lowest BCUT2D eigenvalue weighted by Gasteiger charge is -2.47. The first kappa shape index (κ1) is 44.9. The molecule has 5 rings (SSSR count). The van der Waals surface area contributed by atoms with Gasteiger partial charge < -0.3 is 44.0 Å². The van der Waals surface area contributed by atoms with E-state index in [4.69, 9.17) is 29.4 Å². The van der Waals surface area contributed by atoms with Gasteiger partial charge in [-0.05, 0) is 73.2 Å². The van der Waals surface area contributed by atoms with Crippen LogP contribution in [0.4, 0.5) is 5.82 Å². The summed E-state index contributed by atoms with van der Waals surface area (Å²) in [5, 5.41) is 10.7. The van der Waals surface area contributed by atoms with Gasteiger partial charge in [0.2, 0.25) is 0 Å². The van der Waals surface area contributed by atoms with Gasteiger partial charge in [-0.2, -0.15) is 0 Å². The number of hydrogen-bond acceptors (Lipinski definition) is 16. The van der Waals surface area contributed by atoms with E-state index in [1.165, 1.54) is 32.1 Å². The van der Waals surface area contributed by atoms with Crippen LogP contribution in [0.25, 0.3) is 11.2 Å². The number of carbonyl (C=O) groups excluding carboxylic acids is 4. The van der Waals surface area contributed by atoms with E-state index in [9.17, 15) is 24.3 Å². The van der Waals surface area contributed by atoms with Crippen LogP contribution in [0.3, 0.4) is 0 Å². The molecule has 57 heavy (non-hydrogen) atoms. The first-order chi connectivity index (χ1) is 26.8. The van der Waals surface area contributed by atoms with Crippen LogP contribution in [0.2, 0.25) is 0 Å². The third-order valence-corrected chi connectivity index (χ3v) is 13.9. The fraction of sp³-hybridized carbons (Fsp3) is 0.775. The van der Waals surface area contributed by atoms with Crippen molar-refractivity contribution in [2.45, 2.75) is 141 Å².